The molecule has 0 saturated heterocycles. The summed E-state index contributed by atoms with van der Waals surface area (Å²) in [5.74, 6) is 0.0467. The average molecular weight is 435 g/mol. The van der Waals surface area contributed by atoms with Crippen molar-refractivity contribution in [3.05, 3.63) is 125 Å². The van der Waals surface area contributed by atoms with Gasteiger partial charge in [-0.1, -0.05) is 54.6 Å². The van der Waals surface area contributed by atoms with Crippen molar-refractivity contribution >= 4 is 17.4 Å². The molecule has 33 heavy (non-hydrogen) atoms. The standard InChI is InChI=1S/C26H22N6O/c27-24(33)18-14-19(16-28-15-18)25-31-23-12-5-4-11-22(23)26(32-25,20-8-2-1-3-9-20)30-17-21-10-6-7-13-29-21/h1-16,30H,17H2,(H2,27,33)(H,31,32). The van der Waals surface area contributed by atoms with Crippen LogP contribution in [0.2, 0.25) is 0 Å². The molecule has 1 unspecified atom stereocenters. The summed E-state index contributed by atoms with van der Waals surface area (Å²) >= 11 is 0. The molecule has 1 aliphatic heterocycles. The highest BCUT2D eigenvalue weighted by atomic mass is 16.1. The number of fused-ring (bicyclic) bond motifs is 1. The van der Waals surface area contributed by atoms with Crippen LogP contribution in [0.25, 0.3) is 0 Å². The Morgan fingerprint density at radius 2 is 1.76 bits per heavy atom. The summed E-state index contributed by atoms with van der Waals surface area (Å²) in [7, 11) is 0. The van der Waals surface area contributed by atoms with Crippen molar-refractivity contribution in [3.63, 3.8) is 0 Å². The van der Waals surface area contributed by atoms with E-state index < -0.39 is 11.6 Å². The lowest BCUT2D eigenvalue weighted by Gasteiger charge is -2.38. The van der Waals surface area contributed by atoms with Crippen LogP contribution in [0.1, 0.15) is 32.7 Å². The van der Waals surface area contributed by atoms with Crippen molar-refractivity contribution in [1.29, 1.82) is 0 Å². The topological polar surface area (TPSA) is 105 Å². The fourth-order valence-corrected chi connectivity index (χ4v) is 3.99. The number of benzene rings is 2. The third-order valence-corrected chi connectivity index (χ3v) is 5.59. The number of para-hydroxylation sites is 1. The molecule has 1 amide bonds. The van der Waals surface area contributed by atoms with Gasteiger partial charge in [-0.05, 0) is 29.8 Å². The summed E-state index contributed by atoms with van der Waals surface area (Å²) in [5.41, 5.74) is 9.35. The Labute approximate surface area is 191 Å². The van der Waals surface area contributed by atoms with Crippen LogP contribution in [0.15, 0.2) is 102 Å². The van der Waals surface area contributed by atoms with Gasteiger partial charge in [0.05, 0.1) is 11.3 Å². The second-order valence-electron chi connectivity index (χ2n) is 7.71. The Morgan fingerprint density at radius 1 is 0.970 bits per heavy atom. The van der Waals surface area contributed by atoms with Crippen LogP contribution in [-0.2, 0) is 12.2 Å². The first-order valence-electron chi connectivity index (χ1n) is 10.6. The van der Waals surface area contributed by atoms with Crippen LogP contribution in [0.4, 0.5) is 5.69 Å². The quantitative estimate of drug-likeness (QED) is 0.431. The number of hydrogen-bond donors (Lipinski definition) is 3. The van der Waals surface area contributed by atoms with Crippen LogP contribution in [0.3, 0.4) is 0 Å². The molecule has 3 heterocycles. The van der Waals surface area contributed by atoms with E-state index in [-0.39, 0.29) is 0 Å². The number of primary amides is 1. The zero-order valence-corrected chi connectivity index (χ0v) is 17.8. The number of anilines is 1. The third kappa shape index (κ3) is 3.97. The zero-order valence-electron chi connectivity index (χ0n) is 17.8. The van der Waals surface area contributed by atoms with Gasteiger partial charge in [-0.2, -0.15) is 0 Å². The summed E-state index contributed by atoms with van der Waals surface area (Å²) in [4.78, 5) is 25.6. The van der Waals surface area contributed by atoms with Crippen LogP contribution >= 0.6 is 0 Å². The van der Waals surface area contributed by atoms with Gasteiger partial charge in [0.1, 0.15) is 5.84 Å². The minimum Gasteiger partial charge on any atom is -0.366 e. The van der Waals surface area contributed by atoms with E-state index in [9.17, 15) is 4.79 Å². The van der Waals surface area contributed by atoms with E-state index in [2.05, 4.69) is 26.7 Å². The van der Waals surface area contributed by atoms with Gasteiger partial charge in [0.2, 0.25) is 5.91 Å². The predicted molar refractivity (Wildman–Crippen MR) is 128 cm³/mol. The second kappa shape index (κ2) is 8.64. The summed E-state index contributed by atoms with van der Waals surface area (Å²) in [6.07, 6.45) is 4.89. The molecule has 4 N–H and O–H groups in total. The summed E-state index contributed by atoms with van der Waals surface area (Å²) < 4.78 is 0. The van der Waals surface area contributed by atoms with Crippen LogP contribution in [-0.4, -0.2) is 21.7 Å². The highest BCUT2D eigenvalue weighted by molar-refractivity contribution is 6.11. The zero-order chi connectivity index (χ0) is 22.7. The lowest BCUT2D eigenvalue weighted by atomic mass is 9.88. The number of rotatable bonds is 6. The third-order valence-electron chi connectivity index (χ3n) is 5.59. The molecular formula is C26H22N6O. The lowest BCUT2D eigenvalue weighted by Crippen LogP contribution is -2.46. The van der Waals surface area contributed by atoms with Gasteiger partial charge in [-0.3, -0.25) is 20.1 Å². The molecular weight excluding hydrogens is 412 g/mol. The maximum atomic E-state index is 11.7. The molecule has 2 aromatic carbocycles. The Hall–Kier alpha value is -4.36. The monoisotopic (exact) mass is 434 g/mol. The first-order chi connectivity index (χ1) is 16.2. The van der Waals surface area contributed by atoms with E-state index in [0.29, 0.717) is 23.5 Å². The number of amides is 1. The molecule has 0 spiro atoms. The van der Waals surface area contributed by atoms with E-state index >= 15 is 0 Å². The minimum absolute atomic E-state index is 0.322. The largest absolute Gasteiger partial charge is 0.366 e. The smallest absolute Gasteiger partial charge is 0.250 e. The Kier molecular flexibility index (Phi) is 5.38. The summed E-state index contributed by atoms with van der Waals surface area (Å²) in [6, 6.07) is 25.6. The molecule has 2 aromatic heterocycles. The van der Waals surface area contributed by atoms with Gasteiger partial charge in [0, 0.05) is 41.9 Å². The Morgan fingerprint density at radius 3 is 2.55 bits per heavy atom. The number of amidine groups is 1. The van der Waals surface area contributed by atoms with Crippen LogP contribution in [0, 0.1) is 0 Å². The molecule has 7 nitrogen and oxygen atoms in total. The fraction of sp³-hybridized carbons (Fsp3) is 0.0769. The summed E-state index contributed by atoms with van der Waals surface area (Å²) in [6.45, 7) is 0.500. The van der Waals surface area contributed by atoms with Crippen molar-refractivity contribution in [3.8, 4) is 0 Å². The van der Waals surface area contributed by atoms with Crippen molar-refractivity contribution in [2.45, 2.75) is 12.2 Å². The van der Waals surface area contributed by atoms with E-state index in [0.717, 1.165) is 22.5 Å². The number of pyridine rings is 2. The van der Waals surface area contributed by atoms with Crippen LogP contribution < -0.4 is 16.4 Å². The van der Waals surface area contributed by atoms with Crippen molar-refractivity contribution in [2.75, 3.05) is 5.32 Å². The second-order valence-corrected chi connectivity index (χ2v) is 7.71. The molecule has 0 radical (unpaired) electrons. The van der Waals surface area contributed by atoms with Gasteiger partial charge in [0.25, 0.3) is 0 Å². The van der Waals surface area contributed by atoms with Gasteiger partial charge >= 0.3 is 0 Å². The number of nitrogens with zero attached hydrogens (tertiary/aromatic N) is 3. The number of carbonyl (C=O) groups excluding carboxylic acids is 1. The molecule has 0 aliphatic carbocycles. The molecule has 5 rings (SSSR count). The van der Waals surface area contributed by atoms with Crippen molar-refractivity contribution < 1.29 is 4.79 Å². The predicted octanol–water partition coefficient (Wildman–Crippen LogP) is 3.44. The molecule has 1 atom stereocenters. The van der Waals surface area contributed by atoms with E-state index in [1.54, 1.807) is 18.5 Å². The summed E-state index contributed by atoms with van der Waals surface area (Å²) in [5, 5.41) is 7.06. The van der Waals surface area contributed by atoms with Crippen molar-refractivity contribution in [2.24, 2.45) is 10.7 Å². The average Bonchev–Trinajstić information content (AvgIpc) is 2.88. The number of hydrogen-bond acceptors (Lipinski definition) is 6. The lowest BCUT2D eigenvalue weighted by molar-refractivity contribution is 0.1000. The van der Waals surface area contributed by atoms with E-state index in [1.807, 2.05) is 66.7 Å². The SMILES string of the molecule is NC(=O)c1cncc(C2=NC(NCc3ccccn3)(c3ccccc3)c3ccccc3N2)c1. The molecule has 7 heteroatoms. The van der Waals surface area contributed by atoms with E-state index in [4.69, 9.17) is 10.7 Å². The van der Waals surface area contributed by atoms with Gasteiger partial charge < -0.3 is 11.1 Å². The molecule has 0 saturated carbocycles. The highest BCUT2D eigenvalue weighted by Gasteiger charge is 2.39. The Balaban J connectivity index is 1.69. The molecule has 1 aliphatic rings. The van der Waals surface area contributed by atoms with Gasteiger partial charge in [-0.15, -0.1) is 0 Å². The number of carbonyl (C=O) groups is 1. The maximum Gasteiger partial charge on any atom is 0.250 e. The fourth-order valence-electron chi connectivity index (χ4n) is 3.99. The molecule has 4 aromatic rings. The highest BCUT2D eigenvalue weighted by Crippen LogP contribution is 2.39. The minimum atomic E-state index is -0.890. The van der Waals surface area contributed by atoms with E-state index in [1.165, 1.54) is 6.20 Å². The van der Waals surface area contributed by atoms with Crippen LogP contribution in [0.5, 0.6) is 0 Å². The number of aliphatic imine (C=N–C) groups is 1. The first kappa shape index (κ1) is 20.5. The Bertz CT molecular complexity index is 1320. The van der Waals surface area contributed by atoms with Gasteiger partial charge in [-0.25, -0.2) is 4.99 Å². The molecule has 162 valence electrons. The van der Waals surface area contributed by atoms with Gasteiger partial charge in [0.15, 0.2) is 5.66 Å². The molecule has 0 fully saturated rings. The maximum absolute atomic E-state index is 11.7. The molecule has 0 bridgehead atoms. The first-order valence-corrected chi connectivity index (χ1v) is 10.6. The number of nitrogens with one attached hydrogen (secondary N) is 2. The van der Waals surface area contributed by atoms with Crippen molar-refractivity contribution in [1.82, 2.24) is 15.3 Å². The normalized spacial score (nSPS) is 16.9. The number of nitrogens with two attached hydrogens (primary N) is 1. The number of aromatic nitrogens is 2.